The van der Waals surface area contributed by atoms with Crippen molar-refractivity contribution in [3.05, 3.63) is 29.8 Å². The molecular weight excluding hydrogens is 324 g/mol. The first kappa shape index (κ1) is 16.8. The molecule has 4 aliphatic carbocycles. The Kier molecular flexibility index (Phi) is 4.29. The standard InChI is InChI=1S/C22H30N2O2/c25-21(22-12-17-9-18(13-22)11-19(10-17)14-22)23-20-3-1-16(2-4-20)15-24-5-7-26-8-6-24/h1-4,17-19H,5-15H2,(H,23,25). The molecule has 0 unspecified atom stereocenters. The molecule has 1 aromatic rings. The van der Waals surface area contributed by atoms with Gasteiger partial charge in [0.2, 0.25) is 5.91 Å². The summed E-state index contributed by atoms with van der Waals surface area (Å²) in [6.07, 6.45) is 7.51. The first-order valence-corrected chi connectivity index (χ1v) is 10.4. The monoisotopic (exact) mass is 354 g/mol. The molecule has 4 bridgehead atoms. The highest BCUT2D eigenvalue weighted by Gasteiger charge is 2.54. The summed E-state index contributed by atoms with van der Waals surface area (Å²) in [5, 5.41) is 3.26. The van der Waals surface area contributed by atoms with E-state index >= 15 is 0 Å². The van der Waals surface area contributed by atoms with Gasteiger partial charge in [-0.25, -0.2) is 0 Å². The second-order valence-corrected chi connectivity index (χ2v) is 9.24. The topological polar surface area (TPSA) is 41.6 Å². The number of rotatable bonds is 4. The molecule has 4 heteroatoms. The number of benzene rings is 1. The lowest BCUT2D eigenvalue weighted by atomic mass is 9.49. The van der Waals surface area contributed by atoms with Crippen LogP contribution in [-0.4, -0.2) is 37.1 Å². The minimum Gasteiger partial charge on any atom is -0.379 e. The number of morpholine rings is 1. The van der Waals surface area contributed by atoms with E-state index in [1.807, 2.05) is 0 Å². The maximum absolute atomic E-state index is 13.1. The van der Waals surface area contributed by atoms with Crippen LogP contribution in [-0.2, 0) is 16.1 Å². The molecule has 1 aliphatic heterocycles. The van der Waals surface area contributed by atoms with Gasteiger partial charge < -0.3 is 10.1 Å². The number of carbonyl (C=O) groups excluding carboxylic acids is 1. The van der Waals surface area contributed by atoms with Crippen LogP contribution in [0, 0.1) is 23.2 Å². The van der Waals surface area contributed by atoms with Crippen LogP contribution in [0.1, 0.15) is 44.1 Å². The van der Waals surface area contributed by atoms with Crippen molar-refractivity contribution in [3.63, 3.8) is 0 Å². The van der Waals surface area contributed by atoms with Crippen molar-refractivity contribution in [2.45, 2.75) is 45.1 Å². The SMILES string of the molecule is O=C(Nc1ccc(CN2CCOCC2)cc1)C12CC3CC(CC(C3)C1)C2. The summed E-state index contributed by atoms with van der Waals surface area (Å²) in [6.45, 7) is 4.64. The molecule has 0 atom stereocenters. The zero-order valence-corrected chi connectivity index (χ0v) is 15.6. The number of nitrogens with one attached hydrogen (secondary N) is 1. The molecule has 0 aromatic heterocycles. The zero-order valence-electron chi connectivity index (χ0n) is 15.6. The fourth-order valence-corrected chi connectivity index (χ4v) is 6.36. The summed E-state index contributed by atoms with van der Waals surface area (Å²) in [7, 11) is 0. The van der Waals surface area contributed by atoms with E-state index < -0.39 is 0 Å². The van der Waals surface area contributed by atoms with Crippen LogP contribution in [0.25, 0.3) is 0 Å². The minimum absolute atomic E-state index is 0.0682. The van der Waals surface area contributed by atoms with Crippen molar-refractivity contribution in [3.8, 4) is 0 Å². The van der Waals surface area contributed by atoms with Crippen LogP contribution in [0.5, 0.6) is 0 Å². The van der Waals surface area contributed by atoms with E-state index in [1.165, 1.54) is 24.8 Å². The molecule has 6 rings (SSSR count). The molecule has 0 spiro atoms. The lowest BCUT2D eigenvalue weighted by Gasteiger charge is -2.55. The summed E-state index contributed by atoms with van der Waals surface area (Å²) in [5.74, 6) is 2.71. The van der Waals surface area contributed by atoms with E-state index in [9.17, 15) is 4.79 Å². The Bertz CT molecular complexity index is 628. The van der Waals surface area contributed by atoms with Gasteiger partial charge in [-0.15, -0.1) is 0 Å². The van der Waals surface area contributed by atoms with Gasteiger partial charge in [-0.1, -0.05) is 12.1 Å². The Morgan fingerprint density at radius 3 is 2.15 bits per heavy atom. The third-order valence-corrected chi connectivity index (χ3v) is 7.24. The first-order chi connectivity index (χ1) is 12.7. The molecule has 0 radical (unpaired) electrons. The zero-order chi connectivity index (χ0) is 17.6. The van der Waals surface area contributed by atoms with Gasteiger partial charge in [0, 0.05) is 25.3 Å². The average molecular weight is 354 g/mol. The van der Waals surface area contributed by atoms with Crippen molar-refractivity contribution in [2.75, 3.05) is 31.6 Å². The summed E-state index contributed by atoms with van der Waals surface area (Å²) in [6, 6.07) is 8.47. The number of amides is 1. The largest absolute Gasteiger partial charge is 0.379 e. The van der Waals surface area contributed by atoms with Gasteiger partial charge in [0.05, 0.1) is 18.6 Å². The maximum Gasteiger partial charge on any atom is 0.230 e. The van der Waals surface area contributed by atoms with E-state index in [4.69, 9.17) is 4.74 Å². The minimum atomic E-state index is -0.0682. The molecule has 26 heavy (non-hydrogen) atoms. The Hall–Kier alpha value is -1.39. The second-order valence-electron chi connectivity index (χ2n) is 9.24. The summed E-state index contributed by atoms with van der Waals surface area (Å²) in [5.41, 5.74) is 2.19. The van der Waals surface area contributed by atoms with E-state index in [-0.39, 0.29) is 11.3 Å². The fourth-order valence-electron chi connectivity index (χ4n) is 6.36. The molecule has 1 N–H and O–H groups in total. The number of anilines is 1. The summed E-state index contributed by atoms with van der Waals surface area (Å²) >= 11 is 0. The molecular formula is C22H30N2O2. The van der Waals surface area contributed by atoms with Crippen LogP contribution in [0.4, 0.5) is 5.69 Å². The fraction of sp³-hybridized carbons (Fsp3) is 0.682. The van der Waals surface area contributed by atoms with Gasteiger partial charge in [-0.2, -0.15) is 0 Å². The Labute approximate surface area is 156 Å². The quantitative estimate of drug-likeness (QED) is 0.897. The predicted molar refractivity (Wildman–Crippen MR) is 102 cm³/mol. The van der Waals surface area contributed by atoms with Crippen molar-refractivity contribution in [1.29, 1.82) is 0 Å². The van der Waals surface area contributed by atoms with Crippen LogP contribution in [0.2, 0.25) is 0 Å². The average Bonchev–Trinajstić information content (AvgIpc) is 2.63. The van der Waals surface area contributed by atoms with E-state index in [1.54, 1.807) is 0 Å². The van der Waals surface area contributed by atoms with Crippen molar-refractivity contribution in [1.82, 2.24) is 4.90 Å². The molecule has 4 saturated carbocycles. The molecule has 1 amide bonds. The lowest BCUT2D eigenvalue weighted by molar-refractivity contribution is -0.140. The Morgan fingerprint density at radius 1 is 1.00 bits per heavy atom. The summed E-state index contributed by atoms with van der Waals surface area (Å²) in [4.78, 5) is 15.6. The molecule has 5 fully saturated rings. The van der Waals surface area contributed by atoms with Gasteiger partial charge in [0.15, 0.2) is 0 Å². The summed E-state index contributed by atoms with van der Waals surface area (Å²) < 4.78 is 5.41. The highest BCUT2D eigenvalue weighted by molar-refractivity contribution is 5.95. The third-order valence-electron chi connectivity index (χ3n) is 7.24. The van der Waals surface area contributed by atoms with Gasteiger partial charge >= 0.3 is 0 Å². The molecule has 1 saturated heterocycles. The second kappa shape index (κ2) is 6.65. The Balaban J connectivity index is 1.23. The first-order valence-electron chi connectivity index (χ1n) is 10.4. The third kappa shape index (κ3) is 3.18. The van der Waals surface area contributed by atoms with Gasteiger partial charge in [-0.3, -0.25) is 9.69 Å². The highest BCUT2D eigenvalue weighted by atomic mass is 16.5. The maximum atomic E-state index is 13.1. The molecule has 4 nitrogen and oxygen atoms in total. The normalized spacial score (nSPS) is 36.2. The van der Waals surface area contributed by atoms with Gasteiger partial charge in [-0.05, 0) is 74.0 Å². The van der Waals surface area contributed by atoms with Crippen LogP contribution < -0.4 is 5.32 Å². The van der Waals surface area contributed by atoms with Crippen LogP contribution in [0.3, 0.4) is 0 Å². The van der Waals surface area contributed by atoms with Crippen LogP contribution in [0.15, 0.2) is 24.3 Å². The van der Waals surface area contributed by atoms with E-state index in [2.05, 4.69) is 34.5 Å². The van der Waals surface area contributed by atoms with E-state index in [0.717, 1.165) is 75.6 Å². The van der Waals surface area contributed by atoms with E-state index in [0.29, 0.717) is 0 Å². The van der Waals surface area contributed by atoms with Crippen LogP contribution >= 0.6 is 0 Å². The van der Waals surface area contributed by atoms with Gasteiger partial charge in [0.1, 0.15) is 0 Å². The van der Waals surface area contributed by atoms with Gasteiger partial charge in [0.25, 0.3) is 0 Å². The molecule has 1 aromatic carbocycles. The molecule has 1 heterocycles. The van der Waals surface area contributed by atoms with Crippen molar-refractivity contribution >= 4 is 11.6 Å². The Morgan fingerprint density at radius 2 is 1.58 bits per heavy atom. The highest BCUT2D eigenvalue weighted by Crippen LogP contribution is 2.60. The number of ether oxygens (including phenoxy) is 1. The van der Waals surface area contributed by atoms with Crippen molar-refractivity contribution in [2.24, 2.45) is 23.2 Å². The smallest absolute Gasteiger partial charge is 0.230 e. The number of carbonyl (C=O) groups is 1. The van der Waals surface area contributed by atoms with Crippen molar-refractivity contribution < 1.29 is 9.53 Å². The molecule has 140 valence electrons. The lowest BCUT2D eigenvalue weighted by Crippen LogP contribution is -2.51. The number of nitrogens with zero attached hydrogens (tertiary/aromatic N) is 1. The predicted octanol–water partition coefficient (Wildman–Crippen LogP) is 3.67. The molecule has 5 aliphatic rings. The number of hydrogen-bond acceptors (Lipinski definition) is 3. The number of hydrogen-bond donors (Lipinski definition) is 1.